The molecule has 0 saturated carbocycles. The fourth-order valence-corrected chi connectivity index (χ4v) is 4.93. The van der Waals surface area contributed by atoms with Crippen LogP contribution < -0.4 is 15.8 Å². The number of benzene rings is 3. The standard InChI is InChI=1S/C34H43N5O9.C2H4O2.CO2/c1-37(20-32(42)43)12-13-38(14-15-39(21-33(44)45)22-34(46)47)19-31(41)36-18-24-7-10-28(11-8-24)48-23-30(40)29(35)17-25-6-9-26-4-2-3-5-27(26)16-25;1-2(3)4;2-1-3/h2-11,16,29H,12-15,17-23,35H2,1H3,(H,36,41)(H,42,43)(H,44,45)(H,46,47);1H3,(H,3,4);/t29-;;/m1../s1. The molecule has 0 radical (unpaired) electrons. The Hall–Kier alpha value is -6.04. The van der Waals surface area contributed by atoms with Gasteiger partial charge in [0.25, 0.3) is 5.97 Å². The summed E-state index contributed by atoms with van der Waals surface area (Å²) < 4.78 is 5.65. The molecule has 0 unspecified atom stereocenters. The molecule has 0 saturated heterocycles. The van der Waals surface area contributed by atoms with E-state index in [9.17, 15) is 24.0 Å². The van der Waals surface area contributed by atoms with Gasteiger partial charge >= 0.3 is 24.1 Å². The Balaban J connectivity index is 0.00000199. The van der Waals surface area contributed by atoms with Gasteiger partial charge in [0, 0.05) is 39.6 Å². The number of aliphatic carboxylic acids is 4. The van der Waals surface area contributed by atoms with Crippen molar-refractivity contribution in [2.45, 2.75) is 25.9 Å². The molecule has 0 spiro atoms. The minimum absolute atomic E-state index is 0.0718. The number of nitrogens with one attached hydrogen (secondary N) is 1. The second-order valence-electron chi connectivity index (χ2n) is 12.2. The number of nitrogens with zero attached hydrogens (tertiary/aromatic N) is 3. The monoisotopic (exact) mass is 769 g/mol. The Morgan fingerprint density at radius 3 is 1.80 bits per heavy atom. The molecule has 3 rings (SSSR count). The first-order valence-corrected chi connectivity index (χ1v) is 16.7. The van der Waals surface area contributed by atoms with E-state index in [2.05, 4.69) is 5.32 Å². The van der Waals surface area contributed by atoms with Gasteiger partial charge < -0.3 is 36.2 Å². The van der Waals surface area contributed by atoms with Gasteiger partial charge in [-0.3, -0.25) is 43.5 Å². The van der Waals surface area contributed by atoms with Crippen LogP contribution in [0.3, 0.4) is 0 Å². The van der Waals surface area contributed by atoms with Crippen molar-refractivity contribution in [2.24, 2.45) is 5.73 Å². The van der Waals surface area contributed by atoms with Gasteiger partial charge in [-0.1, -0.05) is 54.6 Å². The van der Waals surface area contributed by atoms with Crippen molar-refractivity contribution in [1.29, 1.82) is 0 Å². The Morgan fingerprint density at radius 2 is 1.24 bits per heavy atom. The van der Waals surface area contributed by atoms with Crippen LogP contribution in [0.2, 0.25) is 0 Å². The fraction of sp³-hybridized carbons (Fsp3) is 0.378. The highest BCUT2D eigenvalue weighted by Crippen LogP contribution is 2.17. The topological polar surface area (TPSA) is 274 Å². The second-order valence-corrected chi connectivity index (χ2v) is 12.2. The molecule has 298 valence electrons. The number of carboxylic acid groups (broad SMARTS) is 4. The lowest BCUT2D eigenvalue weighted by atomic mass is 10.0. The number of fused-ring (bicyclic) bond motifs is 1. The van der Waals surface area contributed by atoms with Gasteiger partial charge in [-0.05, 0) is 47.5 Å². The number of amides is 1. The van der Waals surface area contributed by atoms with Crippen LogP contribution in [-0.4, -0.2) is 149 Å². The third-order valence-electron chi connectivity index (χ3n) is 7.50. The van der Waals surface area contributed by atoms with Crippen molar-refractivity contribution in [2.75, 3.05) is 66.0 Å². The summed E-state index contributed by atoms with van der Waals surface area (Å²) in [5.41, 5.74) is 7.90. The quantitative estimate of drug-likeness (QED) is 0.0800. The van der Waals surface area contributed by atoms with Crippen LogP contribution in [0.15, 0.2) is 66.7 Å². The molecule has 0 aliphatic carbocycles. The van der Waals surface area contributed by atoms with Crippen LogP contribution in [-0.2, 0) is 51.3 Å². The van der Waals surface area contributed by atoms with E-state index < -0.39 is 43.0 Å². The molecule has 3 aromatic carbocycles. The van der Waals surface area contributed by atoms with E-state index >= 15 is 0 Å². The largest absolute Gasteiger partial charge is 0.486 e. The predicted molar refractivity (Wildman–Crippen MR) is 196 cm³/mol. The Bertz CT molecular complexity index is 1730. The van der Waals surface area contributed by atoms with E-state index in [0.29, 0.717) is 25.3 Å². The highest BCUT2D eigenvalue weighted by atomic mass is 16.5. The van der Waals surface area contributed by atoms with Gasteiger partial charge in [0.1, 0.15) is 12.4 Å². The number of carbonyl (C=O) groups is 6. The normalized spacial score (nSPS) is 11.0. The van der Waals surface area contributed by atoms with Crippen molar-refractivity contribution in [3.8, 4) is 5.75 Å². The summed E-state index contributed by atoms with van der Waals surface area (Å²) in [6.45, 7) is 0.753. The highest BCUT2D eigenvalue weighted by molar-refractivity contribution is 5.86. The van der Waals surface area contributed by atoms with Crippen LogP contribution in [0.5, 0.6) is 5.75 Å². The van der Waals surface area contributed by atoms with Gasteiger partial charge in [0.15, 0.2) is 5.78 Å². The lowest BCUT2D eigenvalue weighted by Crippen LogP contribution is -2.45. The number of nitrogens with two attached hydrogens (primary N) is 1. The molecule has 18 nitrogen and oxygen atoms in total. The number of hydrogen-bond acceptors (Lipinski definition) is 13. The maximum atomic E-state index is 12.8. The van der Waals surface area contributed by atoms with Crippen LogP contribution in [0.25, 0.3) is 10.8 Å². The lowest BCUT2D eigenvalue weighted by Gasteiger charge is -2.27. The molecule has 1 amide bonds. The average molecular weight is 770 g/mol. The van der Waals surface area contributed by atoms with E-state index in [1.54, 1.807) is 41.1 Å². The van der Waals surface area contributed by atoms with Crippen molar-refractivity contribution in [1.82, 2.24) is 20.0 Å². The molecule has 18 heteroatoms. The highest BCUT2D eigenvalue weighted by Gasteiger charge is 2.18. The number of ether oxygens (including phenoxy) is 1. The van der Waals surface area contributed by atoms with Crippen LogP contribution in [0, 0.1) is 0 Å². The predicted octanol–water partition coefficient (Wildman–Crippen LogP) is 0.271. The Kier molecular flexibility index (Phi) is 22.1. The Labute approximate surface area is 317 Å². The molecule has 0 heterocycles. The SMILES string of the molecule is CC(=O)O.CN(CCN(CCN(CC(=O)O)CC(=O)O)CC(=O)NCc1ccc(OCC(=O)[C@H](N)Cc2ccc3ccccc3c2)cc1)CC(=O)O.O=C=O. The van der Waals surface area contributed by atoms with Crippen LogP contribution in [0.1, 0.15) is 18.1 Å². The van der Waals surface area contributed by atoms with Crippen molar-refractivity contribution < 1.29 is 63.5 Å². The first kappa shape index (κ1) is 47.0. The van der Waals surface area contributed by atoms with Gasteiger partial charge in [0.05, 0.1) is 32.2 Å². The van der Waals surface area contributed by atoms with Gasteiger partial charge in [0.2, 0.25) is 5.91 Å². The second kappa shape index (κ2) is 25.9. The smallest absolute Gasteiger partial charge is 0.373 e. The number of rotatable bonds is 22. The molecular weight excluding hydrogens is 722 g/mol. The zero-order valence-electron chi connectivity index (χ0n) is 30.6. The molecule has 0 fully saturated rings. The maximum absolute atomic E-state index is 12.8. The number of likely N-dealkylation sites (N-methyl/N-ethyl adjacent to an activating group) is 1. The third-order valence-corrected chi connectivity index (χ3v) is 7.50. The molecule has 0 aromatic heterocycles. The summed E-state index contributed by atoms with van der Waals surface area (Å²) >= 11 is 0. The third kappa shape index (κ3) is 21.9. The summed E-state index contributed by atoms with van der Waals surface area (Å²) in [6.07, 6.45) is 0.644. The summed E-state index contributed by atoms with van der Waals surface area (Å²) in [5.74, 6) is -4.27. The van der Waals surface area contributed by atoms with Gasteiger partial charge in [-0.25, -0.2) is 0 Å². The molecule has 0 aliphatic rings. The minimum Gasteiger partial charge on any atom is -0.486 e. The van der Waals surface area contributed by atoms with Crippen LogP contribution >= 0.6 is 0 Å². The molecule has 55 heavy (non-hydrogen) atoms. The number of Topliss-reactive ketones (excluding diaryl/α,β-unsaturated/α-hetero) is 1. The zero-order valence-corrected chi connectivity index (χ0v) is 30.6. The molecule has 0 bridgehead atoms. The number of hydrogen-bond donors (Lipinski definition) is 6. The minimum atomic E-state index is -1.18. The maximum Gasteiger partial charge on any atom is 0.373 e. The van der Waals surface area contributed by atoms with E-state index in [-0.39, 0.29) is 57.2 Å². The van der Waals surface area contributed by atoms with E-state index in [1.807, 2.05) is 42.5 Å². The first-order valence-electron chi connectivity index (χ1n) is 16.7. The molecule has 3 aromatic rings. The van der Waals surface area contributed by atoms with Crippen molar-refractivity contribution in [3.05, 3.63) is 77.9 Å². The fourth-order valence-electron chi connectivity index (χ4n) is 4.93. The summed E-state index contributed by atoms with van der Waals surface area (Å²) in [4.78, 5) is 88.6. The molecule has 1 atom stereocenters. The zero-order chi connectivity index (χ0) is 41.3. The Morgan fingerprint density at radius 1 is 0.727 bits per heavy atom. The van der Waals surface area contributed by atoms with E-state index in [4.69, 9.17) is 45.3 Å². The number of carboxylic acids is 4. The van der Waals surface area contributed by atoms with Crippen LogP contribution in [0.4, 0.5) is 0 Å². The van der Waals surface area contributed by atoms with Crippen molar-refractivity contribution in [3.63, 3.8) is 0 Å². The summed E-state index contributed by atoms with van der Waals surface area (Å²) in [5, 5.41) is 39.7. The number of carbonyl (C=O) groups excluding carboxylic acids is 4. The molecule has 7 N–H and O–H groups in total. The number of ketones is 1. The molecular formula is C37H47N5O13. The van der Waals surface area contributed by atoms with Crippen molar-refractivity contribution >= 4 is 52.5 Å². The average Bonchev–Trinajstić information content (AvgIpc) is 3.10. The summed E-state index contributed by atoms with van der Waals surface area (Å²) in [6, 6.07) is 20.1. The first-order chi connectivity index (χ1) is 26.0. The molecule has 0 aliphatic heterocycles. The van der Waals surface area contributed by atoms with E-state index in [1.165, 1.54) is 4.90 Å². The van der Waals surface area contributed by atoms with Gasteiger partial charge in [-0.2, -0.15) is 9.59 Å². The van der Waals surface area contributed by atoms with E-state index in [0.717, 1.165) is 28.8 Å². The summed E-state index contributed by atoms with van der Waals surface area (Å²) in [7, 11) is 1.62. The lowest BCUT2D eigenvalue weighted by molar-refractivity contribution is -0.192. The van der Waals surface area contributed by atoms with Gasteiger partial charge in [-0.15, -0.1) is 0 Å².